The smallest absolute Gasteiger partial charge is 0.349 e. The number of rotatable bonds is 13. The zero-order valence-electron chi connectivity index (χ0n) is 24.8. The predicted octanol–water partition coefficient (Wildman–Crippen LogP) is 5.25. The number of ether oxygens (including phenoxy) is 2. The van der Waals surface area contributed by atoms with Crippen molar-refractivity contribution in [1.82, 2.24) is 5.32 Å². The third-order valence-corrected chi connectivity index (χ3v) is 9.79. The van der Waals surface area contributed by atoms with Crippen LogP contribution in [0.3, 0.4) is 0 Å². The number of nitrogens with one attached hydrogen (secondary N) is 1. The average molecular weight is 545 g/mol. The van der Waals surface area contributed by atoms with Crippen LogP contribution >= 0.6 is 0 Å². The van der Waals surface area contributed by atoms with Gasteiger partial charge in [-0.2, -0.15) is 0 Å². The Labute approximate surface area is 235 Å². The minimum atomic E-state index is -1.76. The summed E-state index contributed by atoms with van der Waals surface area (Å²) in [6.07, 6.45) is 13.8. The van der Waals surface area contributed by atoms with E-state index in [0.717, 1.165) is 82.7 Å². The molecule has 7 atom stereocenters. The number of piperidine rings is 1. The van der Waals surface area contributed by atoms with Crippen LogP contribution in [0.5, 0.6) is 0 Å². The third-order valence-electron chi connectivity index (χ3n) is 9.79. The lowest BCUT2D eigenvalue weighted by atomic mass is 9.57. The van der Waals surface area contributed by atoms with Crippen molar-refractivity contribution < 1.29 is 23.9 Å². The molecule has 2 saturated carbocycles. The highest BCUT2D eigenvalue weighted by molar-refractivity contribution is 6.23. The lowest BCUT2D eigenvalue weighted by Crippen LogP contribution is -2.60. The highest BCUT2D eigenvalue weighted by atomic mass is 16.7. The quantitative estimate of drug-likeness (QED) is 0.107. The van der Waals surface area contributed by atoms with E-state index < -0.39 is 23.1 Å². The molecular weight excluding hydrogens is 492 g/mol. The maximum atomic E-state index is 14.2. The Morgan fingerprint density at radius 3 is 2.69 bits per heavy atom. The van der Waals surface area contributed by atoms with Crippen molar-refractivity contribution >= 4 is 17.5 Å². The van der Waals surface area contributed by atoms with Gasteiger partial charge in [-0.25, -0.2) is 4.79 Å². The number of ketones is 2. The van der Waals surface area contributed by atoms with Gasteiger partial charge in [-0.05, 0) is 82.6 Å². The molecule has 4 fully saturated rings. The van der Waals surface area contributed by atoms with Crippen LogP contribution in [0, 0.1) is 29.6 Å². The molecule has 2 aliphatic carbocycles. The lowest BCUT2D eigenvalue weighted by Gasteiger charge is -2.42. The zero-order chi connectivity index (χ0) is 28.2. The standard InChI is InChI=1S/C32H52N2O5/c1-5-6-7-8-18-38-30(37)32-29(36)27-24(19-21(2)3)10-9-11-25(27)28(35)31(32,39-32)16-14-22(4)12-13-23-15-17-34-26(33)20-23/h14,21,23-27,34H,5-13,15-20,33H2,1-4H3. The van der Waals surface area contributed by atoms with Gasteiger partial charge in [0.2, 0.25) is 0 Å². The molecular formula is C32H52N2O5. The SMILES string of the molecule is CCCCCCOC(=O)C12OC1(CC=C(C)CCC1CCNC(N)C1)C(=O)C1CCCC(CC(C)C)C1C2=O. The second-order valence-corrected chi connectivity index (χ2v) is 13.2. The van der Waals surface area contributed by atoms with E-state index in [1.807, 2.05) is 6.08 Å². The molecule has 0 aromatic carbocycles. The van der Waals surface area contributed by atoms with Crippen LogP contribution in [0.2, 0.25) is 0 Å². The Hall–Kier alpha value is -1.57. The fraction of sp³-hybridized carbons (Fsp3) is 0.844. The molecule has 0 aromatic rings. The molecule has 0 bridgehead atoms. The van der Waals surface area contributed by atoms with Gasteiger partial charge in [0.15, 0.2) is 17.2 Å². The van der Waals surface area contributed by atoms with E-state index in [1.165, 1.54) is 0 Å². The molecule has 0 radical (unpaired) electrons. The van der Waals surface area contributed by atoms with Crippen LogP contribution in [0.15, 0.2) is 11.6 Å². The summed E-state index contributed by atoms with van der Waals surface area (Å²) in [5, 5.41) is 3.30. The van der Waals surface area contributed by atoms with E-state index in [9.17, 15) is 14.4 Å². The van der Waals surface area contributed by atoms with E-state index in [2.05, 4.69) is 33.0 Å². The van der Waals surface area contributed by atoms with Gasteiger partial charge in [0.1, 0.15) is 0 Å². The summed E-state index contributed by atoms with van der Waals surface area (Å²) >= 11 is 0. The van der Waals surface area contributed by atoms with Crippen molar-refractivity contribution in [2.24, 2.45) is 35.3 Å². The molecule has 2 saturated heterocycles. The van der Waals surface area contributed by atoms with Gasteiger partial charge in [0, 0.05) is 18.3 Å². The van der Waals surface area contributed by atoms with Gasteiger partial charge in [0.05, 0.1) is 12.8 Å². The van der Waals surface area contributed by atoms with Gasteiger partial charge in [-0.3, -0.25) is 9.59 Å². The van der Waals surface area contributed by atoms with E-state index in [0.29, 0.717) is 18.3 Å². The minimum absolute atomic E-state index is 0.0446. The van der Waals surface area contributed by atoms with Gasteiger partial charge in [-0.15, -0.1) is 0 Å². The minimum Gasteiger partial charge on any atom is -0.463 e. The molecule has 7 heteroatoms. The van der Waals surface area contributed by atoms with Gasteiger partial charge < -0.3 is 20.5 Å². The third kappa shape index (κ3) is 6.20. The Morgan fingerprint density at radius 1 is 1.18 bits per heavy atom. The number of allylic oxidation sites excluding steroid dienone is 1. The summed E-state index contributed by atoms with van der Waals surface area (Å²) in [4.78, 5) is 42.0. The molecule has 0 aromatic heterocycles. The molecule has 0 amide bonds. The van der Waals surface area contributed by atoms with E-state index in [1.54, 1.807) is 0 Å². The van der Waals surface area contributed by atoms with Crippen molar-refractivity contribution in [1.29, 1.82) is 0 Å². The number of fused-ring (bicyclic) bond motifs is 2. The highest BCUT2D eigenvalue weighted by Gasteiger charge is 2.87. The molecule has 4 aliphatic rings. The number of carbonyl (C=O) groups excluding carboxylic acids is 3. The Bertz CT molecular complexity index is 932. The van der Waals surface area contributed by atoms with E-state index in [-0.39, 0.29) is 42.6 Å². The average Bonchev–Trinajstić information content (AvgIpc) is 3.61. The number of unbranched alkanes of at least 4 members (excludes halogenated alkanes) is 3. The van der Waals surface area contributed by atoms with Gasteiger partial charge in [0.25, 0.3) is 5.60 Å². The Morgan fingerprint density at radius 2 is 1.97 bits per heavy atom. The second-order valence-electron chi connectivity index (χ2n) is 13.2. The number of esters is 1. The van der Waals surface area contributed by atoms with Crippen LogP contribution < -0.4 is 11.1 Å². The largest absolute Gasteiger partial charge is 0.463 e. The molecule has 7 nitrogen and oxygen atoms in total. The predicted molar refractivity (Wildman–Crippen MR) is 152 cm³/mol. The monoisotopic (exact) mass is 544 g/mol. The maximum absolute atomic E-state index is 14.2. The van der Waals surface area contributed by atoms with E-state index >= 15 is 0 Å². The van der Waals surface area contributed by atoms with Crippen molar-refractivity contribution in [3.63, 3.8) is 0 Å². The maximum Gasteiger partial charge on any atom is 0.349 e. The van der Waals surface area contributed by atoms with Crippen molar-refractivity contribution in [2.75, 3.05) is 13.2 Å². The molecule has 4 rings (SSSR count). The first kappa shape index (κ1) is 30.4. The van der Waals surface area contributed by atoms with Crippen LogP contribution in [-0.4, -0.2) is 48.1 Å². The molecule has 0 spiro atoms. The van der Waals surface area contributed by atoms with Crippen molar-refractivity contribution in [2.45, 2.75) is 129 Å². The molecule has 7 unspecified atom stereocenters. The van der Waals surface area contributed by atoms with Gasteiger partial charge in [-0.1, -0.05) is 58.1 Å². The fourth-order valence-corrected chi connectivity index (χ4v) is 7.63. The lowest BCUT2D eigenvalue weighted by molar-refractivity contribution is -0.160. The topological polar surface area (TPSA) is 111 Å². The number of carbonyl (C=O) groups is 3. The van der Waals surface area contributed by atoms with E-state index in [4.69, 9.17) is 15.2 Å². The first-order valence-electron chi connectivity index (χ1n) is 15.8. The summed E-state index contributed by atoms with van der Waals surface area (Å²) in [7, 11) is 0. The number of nitrogens with two attached hydrogens (primary N) is 1. The molecule has 2 heterocycles. The summed E-state index contributed by atoms with van der Waals surface area (Å²) in [6, 6.07) is 0. The van der Waals surface area contributed by atoms with Gasteiger partial charge >= 0.3 is 5.97 Å². The normalized spacial score (nSPS) is 36.5. The Kier molecular flexibility index (Phi) is 10.1. The zero-order valence-corrected chi connectivity index (χ0v) is 24.8. The second kappa shape index (κ2) is 12.9. The first-order chi connectivity index (χ1) is 18.7. The summed E-state index contributed by atoms with van der Waals surface area (Å²) < 4.78 is 11.9. The van der Waals surface area contributed by atoms with Crippen LogP contribution in [0.4, 0.5) is 0 Å². The number of epoxide rings is 1. The van der Waals surface area contributed by atoms with Crippen molar-refractivity contribution in [3.8, 4) is 0 Å². The van der Waals surface area contributed by atoms with Crippen LogP contribution in [0.25, 0.3) is 0 Å². The molecule has 2 aliphatic heterocycles. The summed E-state index contributed by atoms with van der Waals surface area (Å²) in [5.41, 5.74) is 4.08. The summed E-state index contributed by atoms with van der Waals surface area (Å²) in [6.45, 7) is 9.73. The molecule has 3 N–H and O–H groups in total. The highest BCUT2D eigenvalue weighted by Crippen LogP contribution is 2.62. The van der Waals surface area contributed by atoms with Crippen molar-refractivity contribution in [3.05, 3.63) is 11.6 Å². The number of hydrogen-bond donors (Lipinski definition) is 2. The molecule has 220 valence electrons. The first-order valence-corrected chi connectivity index (χ1v) is 15.8. The van der Waals surface area contributed by atoms with Crippen LogP contribution in [-0.2, 0) is 23.9 Å². The van der Waals surface area contributed by atoms with Crippen LogP contribution in [0.1, 0.15) is 111 Å². The number of hydrogen-bond acceptors (Lipinski definition) is 7. The number of Topliss-reactive ketones (excluding diaryl/α,β-unsaturated/α-hetero) is 2. The fourth-order valence-electron chi connectivity index (χ4n) is 7.63. The molecule has 39 heavy (non-hydrogen) atoms. The Balaban J connectivity index is 1.52. The summed E-state index contributed by atoms with van der Waals surface area (Å²) in [5.74, 6) is -0.545.